The van der Waals surface area contributed by atoms with E-state index >= 15 is 0 Å². The van der Waals surface area contributed by atoms with Crippen LogP contribution in [0.3, 0.4) is 0 Å². The summed E-state index contributed by atoms with van der Waals surface area (Å²) in [4.78, 5) is 0. The SMILES string of the molecule is Brc1c(Br)c([Se]c2ccccc2)c(Br)c(Br)c1[Se]c1ccccc1. The first-order valence-electron chi connectivity index (χ1n) is 6.89. The molecular weight excluding hydrogens is 694 g/mol. The van der Waals surface area contributed by atoms with Crippen LogP contribution in [-0.4, -0.2) is 29.9 Å². The van der Waals surface area contributed by atoms with Gasteiger partial charge < -0.3 is 0 Å². The van der Waals surface area contributed by atoms with Crippen molar-refractivity contribution in [1.29, 1.82) is 0 Å². The zero-order chi connectivity index (χ0) is 17.1. The van der Waals surface area contributed by atoms with Gasteiger partial charge in [0.1, 0.15) is 0 Å². The molecule has 3 aromatic rings. The van der Waals surface area contributed by atoms with Crippen molar-refractivity contribution in [3.8, 4) is 0 Å². The molecule has 24 heavy (non-hydrogen) atoms. The van der Waals surface area contributed by atoms with Crippen LogP contribution in [0.15, 0.2) is 78.6 Å². The van der Waals surface area contributed by atoms with Gasteiger partial charge in [-0.1, -0.05) is 0 Å². The molecule has 0 spiro atoms. The van der Waals surface area contributed by atoms with Crippen molar-refractivity contribution in [1.82, 2.24) is 0 Å². The van der Waals surface area contributed by atoms with Crippen LogP contribution in [0.5, 0.6) is 0 Å². The molecule has 122 valence electrons. The van der Waals surface area contributed by atoms with Crippen LogP contribution in [0.4, 0.5) is 0 Å². The molecule has 0 bridgehead atoms. The van der Waals surface area contributed by atoms with E-state index < -0.39 is 0 Å². The Morgan fingerprint density at radius 2 is 0.750 bits per heavy atom. The van der Waals surface area contributed by atoms with E-state index in [4.69, 9.17) is 0 Å². The van der Waals surface area contributed by atoms with Crippen LogP contribution in [0.1, 0.15) is 0 Å². The molecule has 0 amide bonds. The molecule has 0 unspecified atom stereocenters. The molecule has 0 radical (unpaired) electrons. The van der Waals surface area contributed by atoms with Gasteiger partial charge in [-0.25, -0.2) is 0 Å². The van der Waals surface area contributed by atoms with Crippen LogP contribution in [0, 0.1) is 0 Å². The van der Waals surface area contributed by atoms with Gasteiger partial charge in [-0.15, -0.1) is 0 Å². The molecule has 0 saturated heterocycles. The average Bonchev–Trinajstić information content (AvgIpc) is 2.62. The van der Waals surface area contributed by atoms with Crippen molar-refractivity contribution in [2.24, 2.45) is 0 Å². The van der Waals surface area contributed by atoms with E-state index in [0.29, 0.717) is 0 Å². The molecule has 0 aliphatic heterocycles. The summed E-state index contributed by atoms with van der Waals surface area (Å²) >= 11 is 15.7. The Labute approximate surface area is 188 Å². The van der Waals surface area contributed by atoms with Crippen molar-refractivity contribution in [2.75, 3.05) is 0 Å². The Hall–Kier alpha value is 0.619. The van der Waals surface area contributed by atoms with Gasteiger partial charge in [0, 0.05) is 0 Å². The van der Waals surface area contributed by atoms with Gasteiger partial charge in [0.05, 0.1) is 0 Å². The van der Waals surface area contributed by atoms with Gasteiger partial charge in [0.2, 0.25) is 0 Å². The minimum absolute atomic E-state index is 0.224. The zero-order valence-electron chi connectivity index (χ0n) is 12.1. The second-order valence-electron chi connectivity index (χ2n) is 4.74. The van der Waals surface area contributed by atoms with Crippen LogP contribution in [-0.2, 0) is 0 Å². The molecule has 3 rings (SSSR count). The summed E-state index contributed by atoms with van der Waals surface area (Å²) in [6, 6.07) is 21.2. The van der Waals surface area contributed by atoms with Crippen LogP contribution in [0.25, 0.3) is 0 Å². The second kappa shape index (κ2) is 9.01. The third-order valence-corrected chi connectivity index (χ3v) is 14.4. The molecule has 0 nitrogen and oxygen atoms in total. The molecule has 0 aliphatic carbocycles. The number of hydrogen-bond donors (Lipinski definition) is 0. The van der Waals surface area contributed by atoms with Crippen molar-refractivity contribution in [3.05, 3.63) is 78.6 Å². The number of benzene rings is 3. The van der Waals surface area contributed by atoms with E-state index in [9.17, 15) is 0 Å². The Balaban J connectivity index is 2.02. The van der Waals surface area contributed by atoms with Crippen LogP contribution in [0.2, 0.25) is 0 Å². The Kier molecular flexibility index (Phi) is 7.28. The maximum absolute atomic E-state index is 3.81. The van der Waals surface area contributed by atoms with Gasteiger partial charge in [-0.3, -0.25) is 0 Å². The molecule has 0 N–H and O–H groups in total. The molecule has 0 aromatic heterocycles. The van der Waals surface area contributed by atoms with Gasteiger partial charge in [0.25, 0.3) is 0 Å². The fourth-order valence-corrected chi connectivity index (χ4v) is 10.8. The number of halogens is 4. The summed E-state index contributed by atoms with van der Waals surface area (Å²) in [7, 11) is 0. The third-order valence-electron chi connectivity index (χ3n) is 3.11. The van der Waals surface area contributed by atoms with Gasteiger partial charge in [0.15, 0.2) is 0 Å². The maximum atomic E-state index is 3.81. The first-order chi connectivity index (χ1) is 11.6. The van der Waals surface area contributed by atoms with E-state index in [1.54, 1.807) is 0 Å². The summed E-state index contributed by atoms with van der Waals surface area (Å²) in [6.45, 7) is 0. The summed E-state index contributed by atoms with van der Waals surface area (Å²) in [6.07, 6.45) is 0. The fourth-order valence-electron chi connectivity index (χ4n) is 1.98. The van der Waals surface area contributed by atoms with E-state index in [1.807, 2.05) is 0 Å². The summed E-state index contributed by atoms with van der Waals surface area (Å²) in [5.74, 6) is 0. The predicted molar refractivity (Wildman–Crippen MR) is 120 cm³/mol. The minimum atomic E-state index is 0.224. The van der Waals surface area contributed by atoms with Crippen molar-refractivity contribution >= 4 is 111 Å². The Morgan fingerprint density at radius 1 is 0.458 bits per heavy atom. The summed E-state index contributed by atoms with van der Waals surface area (Å²) in [5, 5.41) is 0. The van der Waals surface area contributed by atoms with Gasteiger partial charge in [-0.05, 0) is 0 Å². The standard InChI is InChI=1S/C18H10Br4Se2/c19-13-15(21)18(24-12-9-5-2-6-10-12)16(22)14(20)17(13)23-11-7-3-1-4-8-11/h1-10H. The van der Waals surface area contributed by atoms with Crippen molar-refractivity contribution in [2.45, 2.75) is 0 Å². The quantitative estimate of drug-likeness (QED) is 0.285. The van der Waals surface area contributed by atoms with Crippen LogP contribution >= 0.6 is 63.7 Å². The van der Waals surface area contributed by atoms with Crippen LogP contribution < -0.4 is 17.8 Å². The predicted octanol–water partition coefficient (Wildman–Crippen LogP) is 4.05. The summed E-state index contributed by atoms with van der Waals surface area (Å²) < 4.78 is 9.91. The Morgan fingerprint density at radius 3 is 1.04 bits per heavy atom. The molecule has 0 heterocycles. The molecule has 3 aromatic carbocycles. The van der Waals surface area contributed by atoms with E-state index in [2.05, 4.69) is 124 Å². The molecule has 6 heteroatoms. The summed E-state index contributed by atoms with van der Waals surface area (Å²) in [5.41, 5.74) is 0. The first kappa shape index (κ1) is 19.4. The van der Waals surface area contributed by atoms with Crippen molar-refractivity contribution < 1.29 is 0 Å². The fraction of sp³-hybridized carbons (Fsp3) is 0. The van der Waals surface area contributed by atoms with Gasteiger partial charge in [-0.2, -0.15) is 0 Å². The topological polar surface area (TPSA) is 0 Å². The second-order valence-corrected chi connectivity index (χ2v) is 12.5. The zero-order valence-corrected chi connectivity index (χ0v) is 21.9. The molecule has 0 aliphatic rings. The first-order valence-corrected chi connectivity index (χ1v) is 13.5. The monoisotopic (exact) mass is 702 g/mol. The molecule has 0 saturated carbocycles. The average molecular weight is 704 g/mol. The number of hydrogen-bond acceptors (Lipinski definition) is 0. The molecule has 0 atom stereocenters. The Bertz CT molecular complexity index is 750. The normalized spacial score (nSPS) is 10.8. The molecular formula is C18H10Br4Se2. The van der Waals surface area contributed by atoms with Crippen molar-refractivity contribution in [3.63, 3.8) is 0 Å². The third kappa shape index (κ3) is 4.47. The molecule has 0 fully saturated rings. The van der Waals surface area contributed by atoms with E-state index in [0.717, 1.165) is 17.9 Å². The van der Waals surface area contributed by atoms with Gasteiger partial charge >= 0.3 is 190 Å². The van der Waals surface area contributed by atoms with E-state index in [-0.39, 0.29) is 29.9 Å². The van der Waals surface area contributed by atoms with E-state index in [1.165, 1.54) is 17.8 Å². The number of rotatable bonds is 4.